The minimum atomic E-state index is -1.49. The SMILES string of the molecule is O=C(O)c1cc2c([nH]1)CCC(F)C2=O. The topological polar surface area (TPSA) is 70.2 Å². The van der Waals surface area contributed by atoms with Crippen molar-refractivity contribution >= 4 is 11.8 Å². The van der Waals surface area contributed by atoms with Crippen molar-refractivity contribution in [3.05, 3.63) is 23.0 Å². The number of hydrogen-bond donors (Lipinski definition) is 2. The van der Waals surface area contributed by atoms with Crippen LogP contribution in [-0.2, 0) is 6.42 Å². The minimum Gasteiger partial charge on any atom is -0.477 e. The normalized spacial score (nSPS) is 20.6. The van der Waals surface area contributed by atoms with Crippen LogP contribution < -0.4 is 0 Å². The zero-order chi connectivity index (χ0) is 10.3. The van der Waals surface area contributed by atoms with Crippen molar-refractivity contribution in [2.75, 3.05) is 0 Å². The number of aryl methyl sites for hydroxylation is 1. The molecule has 1 aromatic rings. The molecule has 5 heteroatoms. The van der Waals surface area contributed by atoms with Gasteiger partial charge < -0.3 is 10.1 Å². The Morgan fingerprint density at radius 2 is 2.36 bits per heavy atom. The quantitative estimate of drug-likeness (QED) is 0.710. The van der Waals surface area contributed by atoms with Crippen molar-refractivity contribution in [1.82, 2.24) is 4.98 Å². The predicted octanol–water partition coefficient (Wildman–Crippen LogP) is 1.18. The smallest absolute Gasteiger partial charge is 0.352 e. The van der Waals surface area contributed by atoms with E-state index in [9.17, 15) is 14.0 Å². The summed E-state index contributed by atoms with van der Waals surface area (Å²) in [6.45, 7) is 0. The summed E-state index contributed by atoms with van der Waals surface area (Å²) in [6.07, 6.45) is -0.971. The molecule has 0 bridgehead atoms. The molecule has 4 nitrogen and oxygen atoms in total. The van der Waals surface area contributed by atoms with E-state index in [0.717, 1.165) is 0 Å². The molecule has 74 valence electrons. The van der Waals surface area contributed by atoms with Crippen LogP contribution in [0, 0.1) is 0 Å². The molecule has 2 N–H and O–H groups in total. The zero-order valence-electron chi connectivity index (χ0n) is 7.21. The number of carboxylic acids is 1. The molecule has 2 rings (SSSR count). The number of ketones is 1. The first-order valence-corrected chi connectivity index (χ1v) is 4.23. The van der Waals surface area contributed by atoms with Gasteiger partial charge in [-0.05, 0) is 18.9 Å². The number of carbonyl (C=O) groups is 2. The Bertz CT molecular complexity index is 410. The Hall–Kier alpha value is -1.65. The molecule has 0 radical (unpaired) electrons. The van der Waals surface area contributed by atoms with Gasteiger partial charge in [0.1, 0.15) is 5.69 Å². The molecular formula is C9H8FNO3. The van der Waals surface area contributed by atoms with E-state index in [1.54, 1.807) is 0 Å². The highest BCUT2D eigenvalue weighted by Crippen LogP contribution is 2.23. The van der Waals surface area contributed by atoms with E-state index in [-0.39, 0.29) is 17.7 Å². The van der Waals surface area contributed by atoms with Crippen LogP contribution in [0.4, 0.5) is 4.39 Å². The maximum absolute atomic E-state index is 13.0. The fraction of sp³-hybridized carbons (Fsp3) is 0.333. The molecule has 0 fully saturated rings. The van der Waals surface area contributed by atoms with Crippen LogP contribution in [0.15, 0.2) is 6.07 Å². The standard InChI is InChI=1S/C9H8FNO3/c10-5-1-2-6-4(8(5)12)3-7(11-6)9(13)14/h3,5,11H,1-2H2,(H,13,14). The molecule has 0 saturated heterocycles. The number of aromatic carboxylic acids is 1. The Morgan fingerprint density at radius 3 is 3.00 bits per heavy atom. The molecule has 1 atom stereocenters. The Morgan fingerprint density at radius 1 is 1.64 bits per heavy atom. The third-order valence-electron chi connectivity index (χ3n) is 2.33. The van der Waals surface area contributed by atoms with Crippen LogP contribution >= 0.6 is 0 Å². The third kappa shape index (κ3) is 1.21. The summed E-state index contributed by atoms with van der Waals surface area (Å²) in [7, 11) is 0. The molecule has 0 saturated carbocycles. The number of aromatic nitrogens is 1. The highest BCUT2D eigenvalue weighted by Gasteiger charge is 2.29. The van der Waals surface area contributed by atoms with Crippen LogP contribution in [0.5, 0.6) is 0 Å². The molecule has 0 amide bonds. The number of H-pyrrole nitrogens is 1. The molecule has 1 aliphatic carbocycles. The first-order valence-electron chi connectivity index (χ1n) is 4.23. The molecule has 0 spiro atoms. The van der Waals surface area contributed by atoms with Gasteiger partial charge in [-0.1, -0.05) is 0 Å². The third-order valence-corrected chi connectivity index (χ3v) is 2.33. The maximum Gasteiger partial charge on any atom is 0.352 e. The van der Waals surface area contributed by atoms with E-state index >= 15 is 0 Å². The van der Waals surface area contributed by atoms with E-state index in [4.69, 9.17) is 5.11 Å². The van der Waals surface area contributed by atoms with Crippen molar-refractivity contribution in [2.24, 2.45) is 0 Å². The molecule has 1 aromatic heterocycles. The summed E-state index contributed by atoms with van der Waals surface area (Å²) in [5, 5.41) is 8.65. The van der Waals surface area contributed by atoms with E-state index < -0.39 is 17.9 Å². The predicted molar refractivity (Wildman–Crippen MR) is 45.3 cm³/mol. The number of aromatic amines is 1. The molecule has 1 unspecified atom stereocenters. The van der Waals surface area contributed by atoms with Gasteiger partial charge in [0.15, 0.2) is 12.0 Å². The number of halogens is 1. The van der Waals surface area contributed by atoms with Crippen LogP contribution in [-0.4, -0.2) is 28.0 Å². The number of alkyl halides is 1. The van der Waals surface area contributed by atoms with Crippen molar-refractivity contribution in [1.29, 1.82) is 0 Å². The second-order valence-electron chi connectivity index (χ2n) is 3.25. The lowest BCUT2D eigenvalue weighted by Crippen LogP contribution is -2.22. The van der Waals surface area contributed by atoms with Gasteiger partial charge in [-0.25, -0.2) is 9.18 Å². The van der Waals surface area contributed by atoms with Gasteiger partial charge in [-0.15, -0.1) is 0 Å². The number of Topliss-reactive ketones (excluding diaryl/α,β-unsaturated/α-hetero) is 1. The van der Waals surface area contributed by atoms with Crippen molar-refractivity contribution in [3.63, 3.8) is 0 Å². The van der Waals surface area contributed by atoms with Crippen molar-refractivity contribution in [2.45, 2.75) is 19.0 Å². The monoisotopic (exact) mass is 197 g/mol. The number of carbonyl (C=O) groups excluding carboxylic acids is 1. The van der Waals surface area contributed by atoms with Gasteiger partial charge in [0.05, 0.1) is 0 Å². The van der Waals surface area contributed by atoms with Gasteiger partial charge in [0, 0.05) is 11.3 Å². The Balaban J connectivity index is 2.46. The molecular weight excluding hydrogens is 189 g/mol. The number of nitrogens with one attached hydrogen (secondary N) is 1. The van der Waals surface area contributed by atoms with Gasteiger partial charge in [-0.3, -0.25) is 4.79 Å². The van der Waals surface area contributed by atoms with Gasteiger partial charge in [-0.2, -0.15) is 0 Å². The number of hydrogen-bond acceptors (Lipinski definition) is 2. The van der Waals surface area contributed by atoms with Gasteiger partial charge in [0.25, 0.3) is 0 Å². The lowest BCUT2D eigenvalue weighted by Gasteiger charge is -2.13. The first kappa shape index (κ1) is 8.93. The average molecular weight is 197 g/mol. The lowest BCUT2D eigenvalue weighted by molar-refractivity contribution is 0.0691. The highest BCUT2D eigenvalue weighted by molar-refractivity contribution is 6.03. The largest absolute Gasteiger partial charge is 0.477 e. The number of fused-ring (bicyclic) bond motifs is 1. The molecule has 14 heavy (non-hydrogen) atoms. The summed E-state index contributed by atoms with van der Waals surface area (Å²) in [4.78, 5) is 24.4. The summed E-state index contributed by atoms with van der Waals surface area (Å²) in [5.74, 6) is -1.75. The average Bonchev–Trinajstić information content (AvgIpc) is 2.56. The fourth-order valence-electron chi connectivity index (χ4n) is 1.60. The minimum absolute atomic E-state index is 0.0579. The van der Waals surface area contributed by atoms with Crippen LogP contribution in [0.3, 0.4) is 0 Å². The van der Waals surface area contributed by atoms with E-state index in [1.807, 2.05) is 0 Å². The summed E-state index contributed by atoms with van der Waals surface area (Å²) < 4.78 is 13.0. The van der Waals surface area contributed by atoms with Crippen LogP contribution in [0.25, 0.3) is 0 Å². The van der Waals surface area contributed by atoms with Gasteiger partial charge >= 0.3 is 5.97 Å². The summed E-state index contributed by atoms with van der Waals surface area (Å²) >= 11 is 0. The first-order chi connectivity index (χ1) is 6.59. The second kappa shape index (κ2) is 2.94. The van der Waals surface area contributed by atoms with Crippen LogP contribution in [0.2, 0.25) is 0 Å². The van der Waals surface area contributed by atoms with E-state index in [0.29, 0.717) is 12.1 Å². The van der Waals surface area contributed by atoms with Crippen molar-refractivity contribution < 1.29 is 19.1 Å². The fourth-order valence-corrected chi connectivity index (χ4v) is 1.60. The van der Waals surface area contributed by atoms with Gasteiger partial charge in [0.2, 0.25) is 0 Å². The highest BCUT2D eigenvalue weighted by atomic mass is 19.1. The molecule has 1 heterocycles. The lowest BCUT2D eigenvalue weighted by atomic mass is 9.95. The zero-order valence-corrected chi connectivity index (χ0v) is 7.21. The summed E-state index contributed by atoms with van der Waals surface area (Å²) in [5.41, 5.74) is 0.653. The van der Waals surface area contributed by atoms with Crippen molar-refractivity contribution in [3.8, 4) is 0 Å². The summed E-state index contributed by atoms with van der Waals surface area (Å²) in [6, 6.07) is 1.20. The Labute approximate surface area is 78.7 Å². The number of rotatable bonds is 1. The second-order valence-corrected chi connectivity index (χ2v) is 3.25. The Kier molecular flexibility index (Phi) is 1.87. The molecule has 0 aromatic carbocycles. The maximum atomic E-state index is 13.0. The van der Waals surface area contributed by atoms with E-state index in [2.05, 4.69) is 4.98 Å². The van der Waals surface area contributed by atoms with E-state index in [1.165, 1.54) is 6.07 Å². The molecule has 0 aliphatic heterocycles. The molecule has 1 aliphatic rings. The van der Waals surface area contributed by atoms with Crippen LogP contribution in [0.1, 0.15) is 33.0 Å². The number of carboxylic acid groups (broad SMARTS) is 1.